The second-order valence-electron chi connectivity index (χ2n) is 8.37. The molecule has 1 atom stereocenters. The van der Waals surface area contributed by atoms with Crippen LogP contribution in [0.2, 0.25) is 0 Å². The predicted molar refractivity (Wildman–Crippen MR) is 115 cm³/mol. The minimum Gasteiger partial charge on any atom is -0.338 e. The Kier molecular flexibility index (Phi) is 5.56. The van der Waals surface area contributed by atoms with E-state index < -0.39 is 11.6 Å². The molecule has 1 heterocycles. The molecule has 1 aliphatic heterocycles. The molecular weight excluding hydrogens is 376 g/mol. The molecule has 0 radical (unpaired) electrons. The third-order valence-electron chi connectivity index (χ3n) is 6.12. The van der Waals surface area contributed by atoms with E-state index in [1.807, 2.05) is 42.5 Å². The summed E-state index contributed by atoms with van der Waals surface area (Å²) < 4.78 is 0. The van der Waals surface area contributed by atoms with Gasteiger partial charge in [0.1, 0.15) is 6.04 Å². The average Bonchev–Trinajstić information content (AvgIpc) is 3.13. The summed E-state index contributed by atoms with van der Waals surface area (Å²) in [5.74, 6) is -0.194. The van der Waals surface area contributed by atoms with Crippen molar-refractivity contribution in [2.45, 2.75) is 56.5 Å². The van der Waals surface area contributed by atoms with Gasteiger partial charge in [-0.05, 0) is 41.2 Å². The van der Waals surface area contributed by atoms with E-state index >= 15 is 0 Å². The highest BCUT2D eigenvalue weighted by atomic mass is 16.2. The van der Waals surface area contributed by atoms with Crippen LogP contribution in [0.4, 0.5) is 5.69 Å². The summed E-state index contributed by atoms with van der Waals surface area (Å²) in [6.07, 6.45) is 5.22. The largest absolute Gasteiger partial charge is 0.338 e. The molecule has 2 aromatic rings. The first kappa shape index (κ1) is 20.1. The normalized spacial score (nSPS) is 18.1. The Bertz CT molecular complexity index is 1000. The number of fused-ring (bicyclic) bond motifs is 1. The van der Waals surface area contributed by atoms with E-state index in [-0.39, 0.29) is 11.8 Å². The van der Waals surface area contributed by atoms with Gasteiger partial charge in [-0.2, -0.15) is 5.26 Å². The summed E-state index contributed by atoms with van der Waals surface area (Å²) in [4.78, 5) is 24.2. The molecule has 0 saturated heterocycles. The van der Waals surface area contributed by atoms with Crippen molar-refractivity contribution in [2.75, 3.05) is 5.32 Å². The van der Waals surface area contributed by atoms with E-state index in [4.69, 9.17) is 5.73 Å². The molecular formula is C24H26N4O2. The van der Waals surface area contributed by atoms with E-state index in [0.717, 1.165) is 47.2 Å². The van der Waals surface area contributed by atoms with Crippen molar-refractivity contribution < 1.29 is 9.59 Å². The number of anilines is 1. The lowest BCUT2D eigenvalue weighted by Gasteiger charge is -2.32. The maximum atomic E-state index is 12.6. The lowest BCUT2D eigenvalue weighted by atomic mass is 9.81. The average molecular weight is 402 g/mol. The molecule has 2 aliphatic rings. The molecule has 0 aromatic heterocycles. The number of benzene rings is 2. The summed E-state index contributed by atoms with van der Waals surface area (Å²) in [6, 6.07) is 15.5. The minimum absolute atomic E-state index is 0.0228. The molecule has 0 unspecified atom stereocenters. The smallest absolute Gasteiger partial charge is 0.241 e. The zero-order valence-electron chi connectivity index (χ0n) is 16.9. The van der Waals surface area contributed by atoms with Crippen LogP contribution >= 0.6 is 0 Å². The van der Waals surface area contributed by atoms with Gasteiger partial charge >= 0.3 is 0 Å². The number of nitrogens with one attached hydrogen (secondary N) is 2. The molecule has 6 heteroatoms. The van der Waals surface area contributed by atoms with Gasteiger partial charge in [0.25, 0.3) is 0 Å². The lowest BCUT2D eigenvalue weighted by Crippen LogP contribution is -2.57. The van der Waals surface area contributed by atoms with Crippen LogP contribution in [0.5, 0.6) is 0 Å². The lowest BCUT2D eigenvalue weighted by molar-refractivity contribution is -0.127. The standard InChI is InChI=1S/C24H26N4O2/c25-15-20(27-23(30)24(26)10-2-1-3-11-24)12-16-4-6-17(7-5-16)18-8-9-19-14-22(29)28-21(19)13-18/h4-9,13,20H,1-3,10-12,14,26H2,(H,27,30)(H,28,29)/t20-/m0/s1. The molecule has 154 valence electrons. The summed E-state index contributed by atoms with van der Waals surface area (Å²) in [5, 5.41) is 15.2. The molecule has 30 heavy (non-hydrogen) atoms. The topological polar surface area (TPSA) is 108 Å². The molecule has 1 fully saturated rings. The predicted octanol–water partition coefficient (Wildman–Crippen LogP) is 3.06. The van der Waals surface area contributed by atoms with Crippen LogP contribution in [0.25, 0.3) is 11.1 Å². The fraction of sp³-hybridized carbons (Fsp3) is 0.375. The van der Waals surface area contributed by atoms with Gasteiger partial charge in [-0.1, -0.05) is 55.7 Å². The van der Waals surface area contributed by atoms with E-state index in [2.05, 4.69) is 16.7 Å². The first-order valence-electron chi connectivity index (χ1n) is 10.5. The summed E-state index contributed by atoms with van der Waals surface area (Å²) in [7, 11) is 0. The van der Waals surface area contributed by atoms with Crippen LogP contribution in [0.15, 0.2) is 42.5 Å². The number of hydrogen-bond acceptors (Lipinski definition) is 4. The van der Waals surface area contributed by atoms with E-state index in [1.54, 1.807) is 0 Å². The molecule has 1 saturated carbocycles. The first-order valence-corrected chi connectivity index (χ1v) is 10.5. The maximum absolute atomic E-state index is 12.6. The third kappa shape index (κ3) is 4.22. The molecule has 4 rings (SSSR count). The Morgan fingerprint density at radius 3 is 2.53 bits per heavy atom. The number of nitrogens with two attached hydrogens (primary N) is 1. The van der Waals surface area contributed by atoms with Gasteiger partial charge in [0.15, 0.2) is 0 Å². The van der Waals surface area contributed by atoms with Gasteiger partial charge in [0, 0.05) is 12.1 Å². The van der Waals surface area contributed by atoms with Crippen molar-refractivity contribution in [3.63, 3.8) is 0 Å². The Labute approximate surface area is 176 Å². The molecule has 2 amide bonds. The number of carbonyl (C=O) groups excluding carboxylic acids is 2. The highest BCUT2D eigenvalue weighted by molar-refractivity contribution is 6.00. The van der Waals surface area contributed by atoms with E-state index in [0.29, 0.717) is 25.7 Å². The first-order chi connectivity index (χ1) is 14.5. The van der Waals surface area contributed by atoms with Gasteiger partial charge < -0.3 is 16.4 Å². The third-order valence-corrected chi connectivity index (χ3v) is 6.12. The number of carbonyl (C=O) groups is 2. The highest BCUT2D eigenvalue weighted by Crippen LogP contribution is 2.30. The van der Waals surface area contributed by atoms with Crippen molar-refractivity contribution in [1.82, 2.24) is 5.32 Å². The Morgan fingerprint density at radius 2 is 1.83 bits per heavy atom. The van der Waals surface area contributed by atoms with Crippen LogP contribution in [0, 0.1) is 11.3 Å². The van der Waals surface area contributed by atoms with Crippen molar-refractivity contribution in [1.29, 1.82) is 5.26 Å². The minimum atomic E-state index is -0.847. The SMILES string of the molecule is N#C[C@H](Cc1ccc(-c2ccc3c(c2)NC(=O)C3)cc1)NC(=O)C1(N)CCCCC1. The number of nitriles is 1. The van der Waals surface area contributed by atoms with Gasteiger partial charge in [0.05, 0.1) is 18.0 Å². The molecule has 6 nitrogen and oxygen atoms in total. The van der Waals surface area contributed by atoms with Crippen LogP contribution in [0.3, 0.4) is 0 Å². The van der Waals surface area contributed by atoms with Gasteiger partial charge in [-0.25, -0.2) is 0 Å². The van der Waals surface area contributed by atoms with Crippen molar-refractivity contribution in [3.05, 3.63) is 53.6 Å². The zero-order chi connectivity index (χ0) is 21.1. The second-order valence-corrected chi connectivity index (χ2v) is 8.37. The summed E-state index contributed by atoms with van der Waals surface area (Å²) in [6.45, 7) is 0. The summed E-state index contributed by atoms with van der Waals surface area (Å²) in [5.41, 5.74) is 10.3. The Hall–Kier alpha value is -3.17. The number of hydrogen-bond donors (Lipinski definition) is 3. The zero-order valence-corrected chi connectivity index (χ0v) is 16.9. The maximum Gasteiger partial charge on any atom is 0.241 e. The van der Waals surface area contributed by atoms with Crippen molar-refractivity contribution in [2.24, 2.45) is 5.73 Å². The Morgan fingerprint density at radius 1 is 1.13 bits per heavy atom. The molecule has 1 aliphatic carbocycles. The van der Waals surface area contributed by atoms with Crippen molar-refractivity contribution >= 4 is 17.5 Å². The number of nitrogens with zero attached hydrogens (tertiary/aromatic N) is 1. The van der Waals surface area contributed by atoms with E-state index in [1.165, 1.54) is 0 Å². The fourth-order valence-corrected chi connectivity index (χ4v) is 4.30. The number of rotatable bonds is 5. The Balaban J connectivity index is 1.41. The monoisotopic (exact) mass is 402 g/mol. The fourth-order valence-electron chi connectivity index (χ4n) is 4.30. The van der Waals surface area contributed by atoms with Crippen molar-refractivity contribution in [3.8, 4) is 17.2 Å². The second kappa shape index (κ2) is 8.29. The molecule has 0 spiro atoms. The van der Waals surface area contributed by atoms with Gasteiger partial charge in [0.2, 0.25) is 11.8 Å². The van der Waals surface area contributed by atoms with E-state index in [9.17, 15) is 14.9 Å². The number of amides is 2. The molecule has 2 aromatic carbocycles. The molecule has 4 N–H and O–H groups in total. The van der Waals surface area contributed by atoms with Crippen LogP contribution in [-0.2, 0) is 22.4 Å². The summed E-state index contributed by atoms with van der Waals surface area (Å²) >= 11 is 0. The van der Waals surface area contributed by atoms with Crippen LogP contribution in [-0.4, -0.2) is 23.4 Å². The van der Waals surface area contributed by atoms with Crippen LogP contribution in [0.1, 0.15) is 43.2 Å². The highest BCUT2D eigenvalue weighted by Gasteiger charge is 2.36. The molecule has 0 bridgehead atoms. The van der Waals surface area contributed by atoms with Gasteiger partial charge in [-0.3, -0.25) is 9.59 Å². The van der Waals surface area contributed by atoms with Crippen LogP contribution < -0.4 is 16.4 Å². The quantitative estimate of drug-likeness (QED) is 0.714. The van der Waals surface area contributed by atoms with Gasteiger partial charge in [-0.15, -0.1) is 0 Å².